The molecule has 3 rings (SSSR count). The smallest absolute Gasteiger partial charge is 0.325 e. The van der Waals surface area contributed by atoms with E-state index in [9.17, 15) is 24.0 Å². The number of carboxylic acids is 1. The molecule has 0 saturated heterocycles. The number of carbonyl (C=O) groups excluding carboxylic acids is 4. The number of hydrogen-bond donors (Lipinski definition) is 8. The Morgan fingerprint density at radius 2 is 1.66 bits per heavy atom. The summed E-state index contributed by atoms with van der Waals surface area (Å²) in [5, 5.41) is 17.1. The van der Waals surface area contributed by atoms with Crippen molar-refractivity contribution in [2.24, 2.45) is 11.5 Å². The van der Waals surface area contributed by atoms with Crippen molar-refractivity contribution in [1.82, 2.24) is 30.9 Å². The van der Waals surface area contributed by atoms with E-state index < -0.39 is 60.2 Å². The highest BCUT2D eigenvalue weighted by Crippen LogP contribution is 2.18. The monoisotopic (exact) mass is 526 g/mol. The van der Waals surface area contributed by atoms with Crippen molar-refractivity contribution >= 4 is 40.5 Å². The van der Waals surface area contributed by atoms with E-state index >= 15 is 0 Å². The number of rotatable bonds is 13. The van der Waals surface area contributed by atoms with Crippen LogP contribution in [0.5, 0.6) is 0 Å². The van der Waals surface area contributed by atoms with Crippen molar-refractivity contribution in [3.05, 3.63) is 54.2 Å². The van der Waals surface area contributed by atoms with Crippen LogP contribution >= 0.6 is 0 Å². The first-order valence-electron chi connectivity index (χ1n) is 11.7. The van der Waals surface area contributed by atoms with Crippen LogP contribution in [0, 0.1) is 0 Å². The number of imidazole rings is 1. The summed E-state index contributed by atoms with van der Waals surface area (Å²) < 4.78 is 0. The molecule has 2 aromatic heterocycles. The number of para-hydroxylation sites is 1. The average Bonchev–Trinajstić information content (AvgIpc) is 3.52. The van der Waals surface area contributed by atoms with Crippen LogP contribution in [0.15, 0.2) is 43.0 Å². The zero-order valence-electron chi connectivity index (χ0n) is 20.6. The Bertz CT molecular complexity index is 1300. The zero-order chi connectivity index (χ0) is 27.8. The number of H-pyrrole nitrogens is 2. The van der Waals surface area contributed by atoms with Gasteiger partial charge in [-0.1, -0.05) is 18.2 Å². The minimum absolute atomic E-state index is 0.0339. The van der Waals surface area contributed by atoms with Gasteiger partial charge in [0.1, 0.15) is 18.1 Å². The van der Waals surface area contributed by atoms with Gasteiger partial charge in [0, 0.05) is 35.4 Å². The molecule has 4 amide bonds. The third-order valence-corrected chi connectivity index (χ3v) is 5.83. The molecule has 14 heteroatoms. The lowest BCUT2D eigenvalue weighted by Crippen LogP contribution is -2.58. The number of amides is 4. The van der Waals surface area contributed by atoms with Gasteiger partial charge in [0.05, 0.1) is 18.8 Å². The van der Waals surface area contributed by atoms with Gasteiger partial charge >= 0.3 is 5.97 Å². The van der Waals surface area contributed by atoms with Crippen molar-refractivity contribution < 1.29 is 29.1 Å². The first-order chi connectivity index (χ1) is 18.0. The highest BCUT2D eigenvalue weighted by Gasteiger charge is 2.31. The first kappa shape index (κ1) is 27.9. The Morgan fingerprint density at radius 1 is 0.974 bits per heavy atom. The summed E-state index contributed by atoms with van der Waals surface area (Å²) in [6, 6.07) is 2.57. The van der Waals surface area contributed by atoms with Gasteiger partial charge in [-0.2, -0.15) is 0 Å². The number of fused-ring (bicyclic) bond motifs is 1. The van der Waals surface area contributed by atoms with Gasteiger partial charge in [-0.15, -0.1) is 0 Å². The molecule has 10 N–H and O–H groups in total. The maximum atomic E-state index is 13.2. The van der Waals surface area contributed by atoms with Crippen LogP contribution in [0.4, 0.5) is 0 Å². The summed E-state index contributed by atoms with van der Waals surface area (Å²) in [7, 11) is 0. The Morgan fingerprint density at radius 3 is 2.32 bits per heavy atom. The summed E-state index contributed by atoms with van der Waals surface area (Å²) in [5.74, 6) is -4.56. The van der Waals surface area contributed by atoms with E-state index in [0.717, 1.165) is 16.5 Å². The van der Waals surface area contributed by atoms with E-state index in [1.165, 1.54) is 19.4 Å². The van der Waals surface area contributed by atoms with Crippen LogP contribution in [0.1, 0.15) is 24.6 Å². The van der Waals surface area contributed by atoms with Gasteiger partial charge in [-0.3, -0.25) is 24.0 Å². The van der Waals surface area contributed by atoms with Gasteiger partial charge in [-0.05, 0) is 25.0 Å². The predicted molar refractivity (Wildman–Crippen MR) is 135 cm³/mol. The summed E-state index contributed by atoms with van der Waals surface area (Å²) in [6.45, 7) is 1.22. The summed E-state index contributed by atoms with van der Waals surface area (Å²) in [4.78, 5) is 71.2. The van der Waals surface area contributed by atoms with Crippen molar-refractivity contribution in [3.8, 4) is 0 Å². The molecule has 4 unspecified atom stereocenters. The minimum atomic E-state index is -1.47. The molecule has 38 heavy (non-hydrogen) atoms. The minimum Gasteiger partial charge on any atom is -0.480 e. The molecule has 202 valence electrons. The number of nitrogens with two attached hydrogens (primary N) is 2. The molecule has 0 aliphatic heterocycles. The van der Waals surface area contributed by atoms with Crippen LogP contribution < -0.4 is 27.4 Å². The molecule has 4 atom stereocenters. The summed E-state index contributed by atoms with van der Waals surface area (Å²) >= 11 is 0. The van der Waals surface area contributed by atoms with E-state index in [-0.39, 0.29) is 12.8 Å². The fourth-order valence-electron chi connectivity index (χ4n) is 3.79. The normalized spacial score (nSPS) is 14.2. The van der Waals surface area contributed by atoms with Gasteiger partial charge in [0.2, 0.25) is 23.6 Å². The van der Waals surface area contributed by atoms with Crippen LogP contribution in [0.3, 0.4) is 0 Å². The van der Waals surface area contributed by atoms with Gasteiger partial charge < -0.3 is 42.5 Å². The van der Waals surface area contributed by atoms with Gasteiger partial charge in [-0.25, -0.2) is 4.98 Å². The molecular formula is C24H30N8O6. The molecule has 0 saturated carbocycles. The molecule has 0 fully saturated rings. The van der Waals surface area contributed by atoms with Crippen molar-refractivity contribution in [3.63, 3.8) is 0 Å². The van der Waals surface area contributed by atoms with E-state index in [0.29, 0.717) is 5.69 Å². The molecule has 1 aromatic carbocycles. The third-order valence-electron chi connectivity index (χ3n) is 5.83. The third kappa shape index (κ3) is 7.39. The van der Waals surface area contributed by atoms with Crippen molar-refractivity contribution in [2.75, 3.05) is 0 Å². The highest BCUT2D eigenvalue weighted by molar-refractivity contribution is 5.96. The Balaban J connectivity index is 1.74. The molecular weight excluding hydrogens is 496 g/mol. The number of benzene rings is 1. The Labute approximate surface area is 216 Å². The number of carboxylic acid groups (broad SMARTS) is 1. The number of aromatic amines is 2. The lowest BCUT2D eigenvalue weighted by Gasteiger charge is -2.24. The van der Waals surface area contributed by atoms with E-state index in [2.05, 4.69) is 30.9 Å². The maximum absolute atomic E-state index is 13.2. The largest absolute Gasteiger partial charge is 0.480 e. The lowest BCUT2D eigenvalue weighted by molar-refractivity contribution is -0.142. The van der Waals surface area contributed by atoms with Gasteiger partial charge in [0.15, 0.2) is 0 Å². The lowest BCUT2D eigenvalue weighted by atomic mass is 10.0. The van der Waals surface area contributed by atoms with Crippen molar-refractivity contribution in [2.45, 2.75) is 50.4 Å². The topological polar surface area (TPSA) is 238 Å². The fraction of sp³-hybridized carbons (Fsp3) is 0.333. The molecule has 14 nitrogen and oxygen atoms in total. The fourth-order valence-corrected chi connectivity index (χ4v) is 3.79. The molecule has 0 aliphatic carbocycles. The Hall–Kier alpha value is -4.72. The second-order valence-electron chi connectivity index (χ2n) is 8.81. The second-order valence-corrected chi connectivity index (χ2v) is 8.81. The van der Waals surface area contributed by atoms with Crippen molar-refractivity contribution in [1.29, 1.82) is 0 Å². The second kappa shape index (κ2) is 12.5. The van der Waals surface area contributed by atoms with Gasteiger partial charge in [0.25, 0.3) is 0 Å². The summed E-state index contributed by atoms with van der Waals surface area (Å²) in [5.41, 5.74) is 13.6. The molecule has 0 radical (unpaired) electrons. The number of primary amides is 1. The Kier molecular flexibility index (Phi) is 9.16. The molecule has 0 spiro atoms. The number of nitrogens with zero attached hydrogens (tertiary/aromatic N) is 1. The number of hydrogen-bond acceptors (Lipinski definition) is 7. The van der Waals surface area contributed by atoms with Crippen LogP contribution in [0.2, 0.25) is 0 Å². The number of carbonyl (C=O) groups is 5. The van der Waals surface area contributed by atoms with E-state index in [1.807, 2.05) is 24.3 Å². The quantitative estimate of drug-likeness (QED) is 0.129. The predicted octanol–water partition coefficient (Wildman–Crippen LogP) is -1.56. The van der Waals surface area contributed by atoms with E-state index in [4.69, 9.17) is 16.6 Å². The van der Waals surface area contributed by atoms with Crippen LogP contribution in [0.25, 0.3) is 10.9 Å². The maximum Gasteiger partial charge on any atom is 0.325 e. The SMILES string of the molecule is CC(NC(=O)C(CC(N)=O)NC(=O)C(Cc1cnc[nH]1)NC(=O)C(N)Cc1c[nH]c2ccccc12)C(=O)O. The van der Waals surface area contributed by atoms with Crippen LogP contribution in [-0.2, 0) is 36.8 Å². The molecule has 3 aromatic rings. The first-order valence-corrected chi connectivity index (χ1v) is 11.7. The average molecular weight is 527 g/mol. The molecule has 2 heterocycles. The molecule has 0 aliphatic rings. The number of nitrogens with one attached hydrogen (secondary N) is 5. The molecule has 0 bridgehead atoms. The standard InChI is InChI=1S/C24H30N8O6/c1-12(24(37)38)30-22(35)19(8-20(26)33)32-23(36)18(7-14-10-27-11-29-14)31-21(34)16(25)6-13-9-28-17-5-3-2-4-15(13)17/h2-5,9-12,16,18-19,28H,6-8,25H2,1H3,(H2,26,33)(H,27,29)(H,30,35)(H,31,34)(H,32,36)(H,37,38). The highest BCUT2D eigenvalue weighted by atomic mass is 16.4. The van der Waals surface area contributed by atoms with Crippen LogP contribution in [-0.4, -0.2) is 73.8 Å². The number of aromatic nitrogens is 3. The summed E-state index contributed by atoms with van der Waals surface area (Å²) in [6.07, 6.45) is 4.18. The number of aliphatic carboxylic acids is 1. The van der Waals surface area contributed by atoms with E-state index in [1.54, 1.807) is 6.20 Å². The zero-order valence-corrected chi connectivity index (χ0v) is 20.6.